The maximum absolute atomic E-state index is 3.71. The Kier molecular flexibility index (Phi) is 10.0. The number of allylic oxidation sites excluding steroid dienone is 3. The summed E-state index contributed by atoms with van der Waals surface area (Å²) in [5.41, 5.74) is 0. The molecule has 0 heteroatoms. The van der Waals surface area contributed by atoms with E-state index in [9.17, 15) is 0 Å². The van der Waals surface area contributed by atoms with Gasteiger partial charge >= 0.3 is 0 Å². The van der Waals surface area contributed by atoms with E-state index in [1.54, 1.807) is 0 Å². The van der Waals surface area contributed by atoms with Gasteiger partial charge in [-0.2, -0.15) is 0 Å². The summed E-state index contributed by atoms with van der Waals surface area (Å²) in [6.07, 6.45) is 15.7. The number of rotatable bonds is 8. The zero-order valence-electron chi connectivity index (χ0n) is 8.39. The normalized spacial score (nSPS) is 10.8. The van der Waals surface area contributed by atoms with Crippen molar-refractivity contribution in [3.8, 4) is 0 Å². The van der Waals surface area contributed by atoms with Gasteiger partial charge in [-0.05, 0) is 32.6 Å². The van der Waals surface area contributed by atoms with Crippen LogP contribution < -0.4 is 0 Å². The Bertz CT molecular complexity index is 111. The average Bonchev–Trinajstić information content (AvgIpc) is 2.10. The minimum Gasteiger partial charge on any atom is -0.103 e. The van der Waals surface area contributed by atoms with Gasteiger partial charge in [0.05, 0.1) is 0 Å². The largest absolute Gasteiger partial charge is 0.103 e. The second-order valence-electron chi connectivity index (χ2n) is 3.20. The number of unbranched alkanes of at least 4 members (excludes halogenated alkanes) is 6. The van der Waals surface area contributed by atoms with Crippen LogP contribution in [0.15, 0.2) is 24.8 Å². The lowest BCUT2D eigenvalue weighted by Gasteiger charge is -1.97. The van der Waals surface area contributed by atoms with Crippen LogP contribution in [0.3, 0.4) is 0 Å². The third kappa shape index (κ3) is 9.48. The van der Waals surface area contributed by atoms with Gasteiger partial charge < -0.3 is 0 Å². The van der Waals surface area contributed by atoms with E-state index in [0.717, 1.165) is 0 Å². The van der Waals surface area contributed by atoms with Gasteiger partial charge in [0.25, 0.3) is 0 Å². The first-order valence-electron chi connectivity index (χ1n) is 5.14. The summed E-state index contributed by atoms with van der Waals surface area (Å²) in [6, 6.07) is 0. The molecule has 0 aliphatic carbocycles. The van der Waals surface area contributed by atoms with E-state index in [1.807, 2.05) is 6.08 Å². The maximum atomic E-state index is 3.71. The lowest BCUT2D eigenvalue weighted by atomic mass is 10.1. The van der Waals surface area contributed by atoms with Crippen molar-refractivity contribution < 1.29 is 0 Å². The Morgan fingerprint density at radius 3 is 2.08 bits per heavy atom. The van der Waals surface area contributed by atoms with E-state index in [-0.39, 0.29) is 0 Å². The van der Waals surface area contributed by atoms with Crippen molar-refractivity contribution in [3.05, 3.63) is 24.8 Å². The van der Waals surface area contributed by atoms with Gasteiger partial charge in [-0.15, -0.1) is 6.58 Å². The fourth-order valence-electron chi connectivity index (χ4n) is 1.25. The molecular weight excluding hydrogens is 144 g/mol. The summed E-state index contributed by atoms with van der Waals surface area (Å²) in [6.45, 7) is 5.80. The fourth-order valence-corrected chi connectivity index (χ4v) is 1.25. The van der Waals surface area contributed by atoms with Gasteiger partial charge in [-0.25, -0.2) is 0 Å². The molecule has 12 heavy (non-hydrogen) atoms. The van der Waals surface area contributed by atoms with Crippen LogP contribution in [0, 0.1) is 0 Å². The van der Waals surface area contributed by atoms with Crippen LogP contribution in [0.1, 0.15) is 51.9 Å². The molecule has 70 valence electrons. The second-order valence-corrected chi connectivity index (χ2v) is 3.20. The molecule has 0 spiro atoms. The van der Waals surface area contributed by atoms with E-state index in [2.05, 4.69) is 25.7 Å². The van der Waals surface area contributed by atoms with E-state index in [4.69, 9.17) is 0 Å². The molecule has 0 rings (SSSR count). The molecule has 0 nitrogen and oxygen atoms in total. The van der Waals surface area contributed by atoms with Gasteiger partial charge in [0, 0.05) is 0 Å². The van der Waals surface area contributed by atoms with Crippen molar-refractivity contribution in [2.24, 2.45) is 0 Å². The van der Waals surface area contributed by atoms with Gasteiger partial charge in [0.15, 0.2) is 0 Å². The fraction of sp³-hybridized carbons (Fsp3) is 0.667. The summed E-state index contributed by atoms with van der Waals surface area (Å²) < 4.78 is 0. The predicted molar refractivity (Wildman–Crippen MR) is 57.3 cm³/mol. The Balaban J connectivity index is 2.86. The number of hydrogen-bond donors (Lipinski definition) is 0. The highest BCUT2D eigenvalue weighted by molar-refractivity contribution is 4.76. The summed E-state index contributed by atoms with van der Waals surface area (Å²) in [7, 11) is 0. The smallest absolute Gasteiger partial charge is 0.0351 e. The first-order valence-corrected chi connectivity index (χ1v) is 5.14. The molecular formula is C12H22. The van der Waals surface area contributed by atoms with Crippen LogP contribution in [-0.2, 0) is 0 Å². The summed E-state index contributed by atoms with van der Waals surface area (Å²) in [4.78, 5) is 0. The van der Waals surface area contributed by atoms with Crippen LogP contribution in [0.25, 0.3) is 0 Å². The minimum atomic E-state index is 1.19. The summed E-state index contributed by atoms with van der Waals surface area (Å²) in [5, 5.41) is 0. The predicted octanol–water partition coefficient (Wildman–Crippen LogP) is 4.48. The topological polar surface area (TPSA) is 0 Å². The highest BCUT2D eigenvalue weighted by Gasteiger charge is 1.87. The Morgan fingerprint density at radius 2 is 1.50 bits per heavy atom. The molecule has 0 fully saturated rings. The summed E-state index contributed by atoms with van der Waals surface area (Å²) >= 11 is 0. The van der Waals surface area contributed by atoms with E-state index < -0.39 is 0 Å². The van der Waals surface area contributed by atoms with Crippen LogP contribution in [-0.4, -0.2) is 0 Å². The molecule has 0 bridgehead atoms. The molecule has 0 aromatic carbocycles. The van der Waals surface area contributed by atoms with Crippen LogP contribution in [0.4, 0.5) is 0 Å². The van der Waals surface area contributed by atoms with E-state index in [0.29, 0.717) is 0 Å². The lowest BCUT2D eigenvalue weighted by molar-refractivity contribution is 0.622. The van der Waals surface area contributed by atoms with E-state index in [1.165, 1.54) is 44.9 Å². The van der Waals surface area contributed by atoms with Crippen LogP contribution in [0.5, 0.6) is 0 Å². The molecule has 0 aromatic heterocycles. The van der Waals surface area contributed by atoms with Crippen molar-refractivity contribution >= 4 is 0 Å². The second kappa shape index (κ2) is 10.5. The van der Waals surface area contributed by atoms with Crippen LogP contribution in [0.2, 0.25) is 0 Å². The molecule has 0 aliphatic rings. The highest BCUT2D eigenvalue weighted by Crippen LogP contribution is 2.07. The third-order valence-electron chi connectivity index (χ3n) is 2.01. The molecule has 0 atom stereocenters. The standard InChI is InChI=1S/C12H22/c1-3-5-7-9-11-12-10-8-6-4-2/h3-4,6H,1,5,7-12H2,2H3/b6-4+. The first kappa shape index (κ1) is 11.5. The molecule has 0 amide bonds. The molecule has 0 saturated carbocycles. The zero-order chi connectivity index (χ0) is 9.07. The molecule has 0 radical (unpaired) electrons. The van der Waals surface area contributed by atoms with Gasteiger partial charge in [-0.3, -0.25) is 0 Å². The third-order valence-corrected chi connectivity index (χ3v) is 2.01. The minimum absolute atomic E-state index is 1.19. The van der Waals surface area contributed by atoms with Crippen molar-refractivity contribution in [2.45, 2.75) is 51.9 Å². The molecule has 0 saturated heterocycles. The monoisotopic (exact) mass is 166 g/mol. The van der Waals surface area contributed by atoms with Crippen molar-refractivity contribution in [1.82, 2.24) is 0 Å². The Morgan fingerprint density at radius 1 is 0.917 bits per heavy atom. The Hall–Kier alpha value is -0.520. The van der Waals surface area contributed by atoms with Crippen LogP contribution >= 0.6 is 0 Å². The highest BCUT2D eigenvalue weighted by atomic mass is 13.9. The average molecular weight is 166 g/mol. The zero-order valence-corrected chi connectivity index (χ0v) is 8.39. The van der Waals surface area contributed by atoms with Crippen molar-refractivity contribution in [1.29, 1.82) is 0 Å². The number of hydrogen-bond acceptors (Lipinski definition) is 0. The maximum Gasteiger partial charge on any atom is -0.0351 e. The molecule has 0 unspecified atom stereocenters. The van der Waals surface area contributed by atoms with Crippen molar-refractivity contribution in [2.75, 3.05) is 0 Å². The summed E-state index contributed by atoms with van der Waals surface area (Å²) in [5.74, 6) is 0. The Labute approximate surface area is 77.4 Å². The van der Waals surface area contributed by atoms with Gasteiger partial charge in [-0.1, -0.05) is 37.5 Å². The SMILES string of the molecule is C=CCCCCCCC/C=C/C. The quantitative estimate of drug-likeness (QED) is 0.368. The molecule has 0 heterocycles. The molecule has 0 aliphatic heterocycles. The van der Waals surface area contributed by atoms with Gasteiger partial charge in [0.1, 0.15) is 0 Å². The lowest BCUT2D eigenvalue weighted by Crippen LogP contribution is -1.77. The van der Waals surface area contributed by atoms with Crippen molar-refractivity contribution in [3.63, 3.8) is 0 Å². The van der Waals surface area contributed by atoms with E-state index >= 15 is 0 Å². The molecule has 0 aromatic rings. The molecule has 0 N–H and O–H groups in total. The van der Waals surface area contributed by atoms with Gasteiger partial charge in [0.2, 0.25) is 0 Å². The first-order chi connectivity index (χ1) is 5.91.